The molecule has 0 saturated carbocycles. The predicted octanol–water partition coefficient (Wildman–Crippen LogP) is 6.25. The number of carbonyl (C=O) groups excluding carboxylic acids is 4. The second kappa shape index (κ2) is 20.6. The highest BCUT2D eigenvalue weighted by Crippen LogP contribution is 2.26. The lowest BCUT2D eigenvalue weighted by Gasteiger charge is -2.28. The Balaban J connectivity index is 1.33. The number of rotatable bonds is 11. The van der Waals surface area contributed by atoms with Gasteiger partial charge in [-0.1, -0.05) is 118 Å². The van der Waals surface area contributed by atoms with E-state index in [0.29, 0.717) is 23.7 Å². The number of nitrogens with one attached hydrogen (secondary N) is 4. The van der Waals surface area contributed by atoms with Crippen molar-refractivity contribution in [1.29, 1.82) is 0 Å². The van der Waals surface area contributed by atoms with Gasteiger partial charge in [0.2, 0.25) is 17.7 Å². The molecule has 5 atom stereocenters. The highest BCUT2D eigenvalue weighted by Gasteiger charge is 2.34. The summed E-state index contributed by atoms with van der Waals surface area (Å²) in [6.07, 6.45) is 1.56. The summed E-state index contributed by atoms with van der Waals surface area (Å²) in [6, 6.07) is 31.2. The second-order valence-electron chi connectivity index (χ2n) is 15.7. The van der Waals surface area contributed by atoms with E-state index in [-0.39, 0.29) is 19.3 Å². The number of benzene rings is 4. The van der Waals surface area contributed by atoms with Crippen molar-refractivity contribution < 1.29 is 33.8 Å². The Bertz CT molecular complexity index is 2210. The van der Waals surface area contributed by atoms with E-state index >= 15 is 0 Å². The third-order valence-corrected chi connectivity index (χ3v) is 11.7. The van der Waals surface area contributed by atoms with Crippen molar-refractivity contribution in [3.8, 4) is 16.9 Å². The van der Waals surface area contributed by atoms with Crippen LogP contribution in [0.15, 0.2) is 121 Å². The number of aryl methyl sites for hydroxylation is 1. The number of aliphatic carboxylic acids is 1. The number of carboxylic acids is 1. The maximum Gasteiger partial charge on any atom is 0.326 e. The zero-order valence-electron chi connectivity index (χ0n) is 34.1. The van der Waals surface area contributed by atoms with Crippen LogP contribution in [0.2, 0.25) is 0 Å². The maximum absolute atomic E-state index is 14.5. The predicted molar refractivity (Wildman–Crippen MR) is 233 cm³/mol. The minimum atomic E-state index is -1.31. The first-order valence-corrected chi connectivity index (χ1v) is 21.2. The van der Waals surface area contributed by atoms with Crippen LogP contribution in [-0.2, 0) is 49.7 Å². The van der Waals surface area contributed by atoms with Gasteiger partial charge in [0.25, 0.3) is 5.91 Å². The molecular weight excluding hydrogens is 777 g/mol. The summed E-state index contributed by atoms with van der Waals surface area (Å²) in [4.78, 5) is 69.6. The van der Waals surface area contributed by atoms with Crippen molar-refractivity contribution in [3.63, 3.8) is 0 Å². The fourth-order valence-electron chi connectivity index (χ4n) is 7.27. The minimum Gasteiger partial charge on any atom is -0.484 e. The van der Waals surface area contributed by atoms with Crippen LogP contribution in [0, 0.1) is 5.92 Å². The molecule has 0 radical (unpaired) electrons. The Labute approximate surface area is 355 Å². The average Bonchev–Trinajstić information content (AvgIpc) is 3.79. The summed E-state index contributed by atoms with van der Waals surface area (Å²) in [5, 5.41) is 23.3. The number of amides is 4. The van der Waals surface area contributed by atoms with Gasteiger partial charge >= 0.3 is 5.97 Å². The Morgan fingerprint density at radius 3 is 1.95 bits per heavy atom. The minimum absolute atomic E-state index is 0.0414. The molecule has 2 aliphatic rings. The van der Waals surface area contributed by atoms with Crippen molar-refractivity contribution >= 4 is 40.9 Å². The second-order valence-corrected chi connectivity index (χ2v) is 16.7. The van der Waals surface area contributed by atoms with Crippen molar-refractivity contribution in [2.45, 2.75) is 83.0 Å². The molecule has 3 heterocycles. The Morgan fingerprint density at radius 2 is 1.33 bits per heavy atom. The van der Waals surface area contributed by atoms with E-state index in [1.54, 1.807) is 24.3 Å². The molecule has 12 heteroatoms. The highest BCUT2D eigenvalue weighted by atomic mass is 32.1. The number of carboxylic acid groups (broad SMARTS) is 1. The number of hydrogen-bond donors (Lipinski definition) is 5. The van der Waals surface area contributed by atoms with Crippen LogP contribution in [-0.4, -0.2) is 65.5 Å². The molecule has 0 aliphatic carbocycles. The molecule has 0 spiro atoms. The van der Waals surface area contributed by atoms with Gasteiger partial charge in [-0.3, -0.25) is 19.2 Å². The molecular formula is C48H52N4O7S. The topological polar surface area (TPSA) is 163 Å². The number of hydrogen-bond acceptors (Lipinski definition) is 7. The van der Waals surface area contributed by atoms with Gasteiger partial charge < -0.3 is 31.1 Å². The van der Waals surface area contributed by atoms with Crippen LogP contribution in [0.5, 0.6) is 5.75 Å². The monoisotopic (exact) mass is 828 g/mol. The third-order valence-electron chi connectivity index (χ3n) is 10.6. The quantitative estimate of drug-likeness (QED) is 0.0984. The van der Waals surface area contributed by atoms with E-state index in [2.05, 4.69) is 59.4 Å². The molecule has 60 heavy (non-hydrogen) atoms. The van der Waals surface area contributed by atoms with Gasteiger partial charge in [-0.2, -0.15) is 0 Å². The largest absolute Gasteiger partial charge is 0.484 e. The molecule has 2 aliphatic heterocycles. The van der Waals surface area contributed by atoms with Gasteiger partial charge in [0.05, 0.1) is 0 Å². The molecule has 0 fully saturated rings. The summed E-state index contributed by atoms with van der Waals surface area (Å²) in [5.74, 6) is -3.27. The standard InChI is InChI=1S/C48H52N4O7S/c1-30(2)26-33-11-18-36(19-12-33)37-20-13-34(14-21-37)27-40-46(55)49-39(24-17-32-8-5-4-6-9-32)45(54)51-41(48(57)58)28-35-15-22-38(23-16-35)59-29-43(53)52-44(47(56)50-40)31(3)42-10-7-25-60-42/h4-16,18-23,25,30-31,39-41,44H,17,24,26-29H2,1-3H3,(H,49,55)(H,50,56)(H,51,54)(H,52,53)(H,57,58). The Kier molecular flexibility index (Phi) is 14.9. The van der Waals surface area contributed by atoms with Crippen molar-refractivity contribution in [2.24, 2.45) is 5.92 Å². The molecule has 5 N–H and O–H groups in total. The smallest absolute Gasteiger partial charge is 0.326 e. The normalized spacial score (nSPS) is 19.7. The summed E-state index contributed by atoms with van der Waals surface area (Å²) < 4.78 is 5.75. The summed E-state index contributed by atoms with van der Waals surface area (Å²) in [5.41, 5.74) is 5.57. The molecule has 7 rings (SSSR count). The van der Waals surface area contributed by atoms with Crippen LogP contribution >= 0.6 is 11.3 Å². The van der Waals surface area contributed by atoms with Crippen molar-refractivity contribution in [2.75, 3.05) is 6.61 Å². The number of ether oxygens (including phenoxy) is 1. The van der Waals surface area contributed by atoms with Gasteiger partial charge in [-0.05, 0) is 82.1 Å². The van der Waals surface area contributed by atoms with Gasteiger partial charge in [0.1, 0.15) is 29.9 Å². The SMILES string of the molecule is CC(C)Cc1ccc(-c2ccc(CC3NC(=O)C(C(C)c4cccs4)NC(=O)COc4ccc(cc4)CC(C(=O)O)NC(=O)C(CCc4ccccc4)NC3=O)cc2)cc1. The fourth-order valence-corrected chi connectivity index (χ4v) is 8.09. The van der Waals surface area contributed by atoms with Gasteiger partial charge in [-0.15, -0.1) is 11.3 Å². The van der Waals surface area contributed by atoms with Crippen molar-refractivity contribution in [3.05, 3.63) is 148 Å². The van der Waals surface area contributed by atoms with E-state index in [4.69, 9.17) is 4.74 Å². The molecule has 4 aromatic carbocycles. The van der Waals surface area contributed by atoms with Crippen LogP contribution in [0.25, 0.3) is 11.1 Å². The summed E-state index contributed by atoms with van der Waals surface area (Å²) in [6.45, 7) is 5.81. The van der Waals surface area contributed by atoms with E-state index in [0.717, 1.165) is 33.6 Å². The molecule has 5 unspecified atom stereocenters. The van der Waals surface area contributed by atoms with Crippen LogP contribution in [0.1, 0.15) is 60.2 Å². The summed E-state index contributed by atoms with van der Waals surface area (Å²) >= 11 is 1.44. The fraction of sp³-hybridized carbons (Fsp3) is 0.312. The number of carbonyl (C=O) groups is 5. The molecule has 11 nitrogen and oxygen atoms in total. The zero-order valence-corrected chi connectivity index (χ0v) is 34.9. The van der Waals surface area contributed by atoms with E-state index in [1.807, 2.05) is 79.0 Å². The first-order chi connectivity index (χ1) is 28.9. The van der Waals surface area contributed by atoms with Gasteiger partial charge in [-0.25, -0.2) is 4.79 Å². The molecule has 1 aromatic heterocycles. The van der Waals surface area contributed by atoms with Crippen LogP contribution in [0.4, 0.5) is 0 Å². The Morgan fingerprint density at radius 1 is 0.700 bits per heavy atom. The van der Waals surface area contributed by atoms with Crippen LogP contribution in [0.3, 0.4) is 0 Å². The molecule has 0 saturated heterocycles. The average molecular weight is 829 g/mol. The molecule has 2 bridgehead atoms. The highest BCUT2D eigenvalue weighted by molar-refractivity contribution is 7.10. The molecule has 5 aromatic rings. The lowest BCUT2D eigenvalue weighted by Crippen LogP contribution is -2.59. The first kappa shape index (κ1) is 43.3. The zero-order chi connectivity index (χ0) is 42.6. The first-order valence-electron chi connectivity index (χ1n) is 20.3. The third kappa shape index (κ3) is 12.1. The van der Waals surface area contributed by atoms with Gasteiger partial charge in [0.15, 0.2) is 6.61 Å². The van der Waals surface area contributed by atoms with Crippen molar-refractivity contribution in [1.82, 2.24) is 21.3 Å². The van der Waals surface area contributed by atoms with Gasteiger partial charge in [0, 0.05) is 23.6 Å². The lowest BCUT2D eigenvalue weighted by molar-refractivity contribution is -0.142. The van der Waals surface area contributed by atoms with E-state index < -0.39 is 66.3 Å². The maximum atomic E-state index is 14.5. The number of thiophene rings is 1. The molecule has 4 amide bonds. The van der Waals surface area contributed by atoms with E-state index in [9.17, 15) is 29.1 Å². The van der Waals surface area contributed by atoms with E-state index in [1.165, 1.54) is 16.9 Å². The van der Waals surface area contributed by atoms with Crippen LogP contribution < -0.4 is 26.0 Å². The Hall–Kier alpha value is -6.27. The molecule has 312 valence electrons. The lowest BCUT2D eigenvalue weighted by atomic mass is 9.96. The summed E-state index contributed by atoms with van der Waals surface area (Å²) in [7, 11) is 0. The number of fused-ring (bicyclic) bond motifs is 16.